The van der Waals surface area contributed by atoms with Crippen molar-refractivity contribution in [1.29, 1.82) is 0 Å². The molecule has 106 valence electrons. The van der Waals surface area contributed by atoms with Gasteiger partial charge in [-0.1, -0.05) is 29.8 Å². The smallest absolute Gasteiger partial charge is 0.236 e. The highest BCUT2D eigenvalue weighted by Crippen LogP contribution is 2.22. The second-order valence-corrected chi connectivity index (χ2v) is 4.82. The zero-order chi connectivity index (χ0) is 14.3. The first kappa shape index (κ1) is 16.0. The van der Waals surface area contributed by atoms with Gasteiger partial charge in [0.25, 0.3) is 0 Å². The Labute approximate surface area is 119 Å². The molecular weight excluding hydrogens is 264 g/mol. The first-order valence-electron chi connectivity index (χ1n) is 6.33. The van der Waals surface area contributed by atoms with E-state index in [0.717, 1.165) is 5.56 Å². The Bertz CT molecular complexity index is 412. The average molecular weight is 285 g/mol. The predicted molar refractivity (Wildman–Crippen MR) is 77.4 cm³/mol. The minimum absolute atomic E-state index is 0.0110. The van der Waals surface area contributed by atoms with Crippen LogP contribution in [-0.4, -0.2) is 32.2 Å². The van der Waals surface area contributed by atoms with Crippen molar-refractivity contribution >= 4 is 17.5 Å². The summed E-state index contributed by atoms with van der Waals surface area (Å²) < 4.78 is 4.89. The molecule has 0 aliphatic rings. The molecule has 1 rings (SSSR count). The monoisotopic (exact) mass is 284 g/mol. The summed E-state index contributed by atoms with van der Waals surface area (Å²) in [5.74, 6) is -0.0454. The number of amides is 1. The molecule has 0 radical (unpaired) electrons. The Hall–Kier alpha value is -1.10. The number of nitrogens with one attached hydrogen (secondary N) is 2. The molecule has 0 heterocycles. The van der Waals surface area contributed by atoms with Crippen molar-refractivity contribution in [3.05, 3.63) is 34.9 Å². The van der Waals surface area contributed by atoms with Crippen LogP contribution in [0.25, 0.3) is 0 Å². The van der Waals surface area contributed by atoms with Crippen LogP contribution in [0.2, 0.25) is 5.02 Å². The lowest BCUT2D eigenvalue weighted by atomic mass is 10.1. The number of ether oxygens (including phenoxy) is 1. The molecule has 0 aliphatic carbocycles. The summed E-state index contributed by atoms with van der Waals surface area (Å²) in [6.07, 6.45) is 0. The first-order valence-corrected chi connectivity index (χ1v) is 6.71. The fourth-order valence-corrected chi connectivity index (χ4v) is 2.10. The van der Waals surface area contributed by atoms with Crippen molar-refractivity contribution in [1.82, 2.24) is 10.6 Å². The number of hydrogen-bond donors (Lipinski definition) is 2. The van der Waals surface area contributed by atoms with Crippen LogP contribution in [0.1, 0.15) is 25.5 Å². The third kappa shape index (κ3) is 5.19. The predicted octanol–water partition coefficient (Wildman–Crippen LogP) is 2.14. The van der Waals surface area contributed by atoms with Crippen LogP contribution in [0.4, 0.5) is 0 Å². The fraction of sp³-hybridized carbons (Fsp3) is 0.500. The van der Waals surface area contributed by atoms with Gasteiger partial charge in [0, 0.05) is 24.7 Å². The Balaban J connectivity index is 2.50. The first-order chi connectivity index (χ1) is 9.06. The van der Waals surface area contributed by atoms with E-state index < -0.39 is 0 Å². The Morgan fingerprint density at radius 3 is 2.68 bits per heavy atom. The molecule has 1 aromatic carbocycles. The summed E-state index contributed by atoms with van der Waals surface area (Å²) in [5, 5.41) is 6.72. The van der Waals surface area contributed by atoms with Crippen LogP contribution in [0.5, 0.6) is 0 Å². The van der Waals surface area contributed by atoms with Gasteiger partial charge >= 0.3 is 0 Å². The van der Waals surface area contributed by atoms with Gasteiger partial charge in [0.1, 0.15) is 0 Å². The lowest BCUT2D eigenvalue weighted by Crippen LogP contribution is -2.44. The third-order valence-corrected chi connectivity index (χ3v) is 3.21. The molecule has 0 fully saturated rings. The van der Waals surface area contributed by atoms with Crippen molar-refractivity contribution in [2.45, 2.75) is 25.9 Å². The summed E-state index contributed by atoms with van der Waals surface area (Å²) in [7, 11) is 1.60. The molecule has 0 aliphatic heterocycles. The van der Waals surface area contributed by atoms with Gasteiger partial charge in [-0.2, -0.15) is 0 Å². The molecule has 0 saturated carbocycles. The topological polar surface area (TPSA) is 50.4 Å². The fourth-order valence-electron chi connectivity index (χ4n) is 1.80. The maximum absolute atomic E-state index is 11.8. The number of carbonyl (C=O) groups excluding carboxylic acids is 1. The van der Waals surface area contributed by atoms with E-state index in [2.05, 4.69) is 10.6 Å². The normalized spacial score (nSPS) is 13.9. The lowest BCUT2D eigenvalue weighted by Gasteiger charge is -2.20. The minimum atomic E-state index is -0.289. The van der Waals surface area contributed by atoms with Crippen LogP contribution in [0.3, 0.4) is 0 Å². The van der Waals surface area contributed by atoms with Crippen molar-refractivity contribution in [3.8, 4) is 0 Å². The van der Waals surface area contributed by atoms with Crippen LogP contribution in [0, 0.1) is 0 Å². The molecule has 0 aromatic heterocycles. The Morgan fingerprint density at radius 2 is 2.05 bits per heavy atom. The van der Waals surface area contributed by atoms with E-state index in [1.165, 1.54) is 0 Å². The highest BCUT2D eigenvalue weighted by Gasteiger charge is 2.17. The summed E-state index contributed by atoms with van der Waals surface area (Å²) in [6.45, 7) is 4.84. The van der Waals surface area contributed by atoms with Crippen LogP contribution >= 0.6 is 11.6 Å². The molecule has 1 aromatic rings. The van der Waals surface area contributed by atoms with Gasteiger partial charge in [0.2, 0.25) is 5.91 Å². The number of halogens is 1. The maximum Gasteiger partial charge on any atom is 0.236 e. The van der Waals surface area contributed by atoms with E-state index in [9.17, 15) is 4.79 Å². The lowest BCUT2D eigenvalue weighted by molar-refractivity contribution is -0.123. The molecule has 4 nitrogen and oxygen atoms in total. The van der Waals surface area contributed by atoms with Crippen molar-refractivity contribution in [2.75, 3.05) is 20.3 Å². The van der Waals surface area contributed by atoms with E-state index in [-0.39, 0.29) is 18.0 Å². The summed E-state index contributed by atoms with van der Waals surface area (Å²) >= 11 is 6.13. The quantitative estimate of drug-likeness (QED) is 0.754. The van der Waals surface area contributed by atoms with Crippen molar-refractivity contribution < 1.29 is 9.53 Å². The number of carbonyl (C=O) groups is 1. The maximum atomic E-state index is 11.8. The largest absolute Gasteiger partial charge is 0.383 e. The molecule has 0 saturated heterocycles. The summed E-state index contributed by atoms with van der Waals surface area (Å²) in [6, 6.07) is 7.34. The molecular formula is C14H21ClN2O2. The molecule has 0 bridgehead atoms. The highest BCUT2D eigenvalue weighted by atomic mass is 35.5. The van der Waals surface area contributed by atoms with Gasteiger partial charge in [-0.25, -0.2) is 0 Å². The second kappa shape index (κ2) is 8.15. The Morgan fingerprint density at radius 1 is 1.37 bits per heavy atom. The number of hydrogen-bond acceptors (Lipinski definition) is 3. The SMILES string of the molecule is COCCNC(=O)C(C)NC(C)c1ccccc1Cl. The van der Waals surface area contributed by atoms with E-state index in [1.54, 1.807) is 7.11 Å². The molecule has 2 atom stereocenters. The Kier molecular flexibility index (Phi) is 6.84. The van der Waals surface area contributed by atoms with Gasteiger partial charge in [0.05, 0.1) is 12.6 Å². The number of methoxy groups -OCH3 is 1. The van der Waals surface area contributed by atoms with Crippen molar-refractivity contribution in [2.24, 2.45) is 0 Å². The number of benzene rings is 1. The van der Waals surface area contributed by atoms with E-state index in [0.29, 0.717) is 18.2 Å². The third-order valence-electron chi connectivity index (χ3n) is 2.87. The molecule has 19 heavy (non-hydrogen) atoms. The number of rotatable bonds is 7. The average Bonchev–Trinajstić information content (AvgIpc) is 2.39. The van der Waals surface area contributed by atoms with Crippen LogP contribution in [0.15, 0.2) is 24.3 Å². The zero-order valence-corrected chi connectivity index (χ0v) is 12.3. The zero-order valence-electron chi connectivity index (χ0n) is 11.6. The molecule has 5 heteroatoms. The molecule has 0 spiro atoms. The van der Waals surface area contributed by atoms with Gasteiger partial charge in [0.15, 0.2) is 0 Å². The highest BCUT2D eigenvalue weighted by molar-refractivity contribution is 6.31. The van der Waals surface area contributed by atoms with Gasteiger partial charge in [-0.05, 0) is 25.5 Å². The van der Waals surface area contributed by atoms with Gasteiger partial charge in [-0.3, -0.25) is 10.1 Å². The summed E-state index contributed by atoms with van der Waals surface area (Å²) in [4.78, 5) is 11.8. The second-order valence-electron chi connectivity index (χ2n) is 4.42. The van der Waals surface area contributed by atoms with Crippen LogP contribution < -0.4 is 10.6 Å². The van der Waals surface area contributed by atoms with Gasteiger partial charge < -0.3 is 10.1 Å². The van der Waals surface area contributed by atoms with Crippen LogP contribution in [-0.2, 0) is 9.53 Å². The summed E-state index contributed by atoms with van der Waals surface area (Å²) in [5.41, 5.74) is 0.987. The van der Waals surface area contributed by atoms with E-state index in [4.69, 9.17) is 16.3 Å². The van der Waals surface area contributed by atoms with Crippen molar-refractivity contribution in [3.63, 3.8) is 0 Å². The van der Waals surface area contributed by atoms with Gasteiger partial charge in [-0.15, -0.1) is 0 Å². The molecule has 2 N–H and O–H groups in total. The van der Waals surface area contributed by atoms with E-state index >= 15 is 0 Å². The standard InChI is InChI=1S/C14H21ClN2O2/c1-10(12-6-4-5-7-13(12)15)17-11(2)14(18)16-8-9-19-3/h4-7,10-11,17H,8-9H2,1-3H3,(H,16,18). The molecule has 2 unspecified atom stereocenters. The van der Waals surface area contributed by atoms with E-state index in [1.807, 2.05) is 38.1 Å². The minimum Gasteiger partial charge on any atom is -0.383 e. The molecule has 1 amide bonds.